The Morgan fingerprint density at radius 3 is 2.19 bits per heavy atom. The fraction of sp³-hybridized carbons (Fsp3) is 0.440. The van der Waals surface area contributed by atoms with E-state index in [4.69, 9.17) is 18.9 Å². The van der Waals surface area contributed by atoms with Crippen LogP contribution in [-0.2, 0) is 22.2 Å². The van der Waals surface area contributed by atoms with Gasteiger partial charge in [-0.1, -0.05) is 12.1 Å². The van der Waals surface area contributed by atoms with Crippen molar-refractivity contribution in [2.45, 2.75) is 45.1 Å². The summed E-state index contributed by atoms with van der Waals surface area (Å²) in [6.45, 7) is 3.68. The molecule has 0 unspecified atom stereocenters. The van der Waals surface area contributed by atoms with Crippen LogP contribution in [0.3, 0.4) is 0 Å². The number of anilines is 1. The minimum absolute atomic E-state index is 0.0185. The van der Waals surface area contributed by atoms with Crippen LogP contribution >= 0.6 is 0 Å². The summed E-state index contributed by atoms with van der Waals surface area (Å²) in [5, 5.41) is 0. The van der Waals surface area contributed by atoms with Gasteiger partial charge in [0.15, 0.2) is 11.5 Å². The van der Waals surface area contributed by atoms with Gasteiger partial charge < -0.3 is 18.9 Å². The Labute approximate surface area is 207 Å². The van der Waals surface area contributed by atoms with Crippen molar-refractivity contribution in [2.24, 2.45) is 0 Å². The van der Waals surface area contributed by atoms with E-state index in [2.05, 4.69) is 0 Å². The first-order chi connectivity index (χ1) is 17.0. The van der Waals surface area contributed by atoms with E-state index < -0.39 is 30.0 Å². The molecular weight excluding hydrogens is 481 g/mol. The molecule has 0 radical (unpaired) electrons. The summed E-state index contributed by atoms with van der Waals surface area (Å²) in [4.78, 5) is 28.7. The van der Waals surface area contributed by atoms with Gasteiger partial charge in [-0.15, -0.1) is 0 Å². The molecule has 2 aromatic rings. The molecule has 0 aromatic heterocycles. The number of nitrogens with zero attached hydrogens (tertiary/aromatic N) is 2. The smallest absolute Gasteiger partial charge is 0.416 e. The topological polar surface area (TPSA) is 77.5 Å². The number of ether oxygens (including phenoxy) is 4. The Kier molecular flexibility index (Phi) is 8.21. The maximum atomic E-state index is 13.0. The third kappa shape index (κ3) is 5.44. The molecule has 1 aliphatic rings. The first kappa shape index (κ1) is 27.0. The van der Waals surface area contributed by atoms with E-state index in [0.29, 0.717) is 34.7 Å². The number of carbonyl (C=O) groups is 2. The largest absolute Gasteiger partial charge is 0.493 e. The van der Waals surface area contributed by atoms with E-state index in [1.54, 1.807) is 19.1 Å². The average molecular weight is 511 g/mol. The highest BCUT2D eigenvalue weighted by Crippen LogP contribution is 2.46. The van der Waals surface area contributed by atoms with Crippen molar-refractivity contribution in [1.29, 1.82) is 0 Å². The lowest BCUT2D eigenvalue weighted by atomic mass is 9.90. The minimum Gasteiger partial charge on any atom is -0.493 e. The maximum Gasteiger partial charge on any atom is 0.416 e. The van der Waals surface area contributed by atoms with Crippen LogP contribution in [-0.4, -0.2) is 51.1 Å². The normalized spacial score (nSPS) is 17.2. The number of carbonyl (C=O) groups excluding carboxylic acids is 2. The zero-order chi connectivity index (χ0) is 26.6. The van der Waals surface area contributed by atoms with Gasteiger partial charge in [-0.2, -0.15) is 13.2 Å². The molecule has 0 N–H and O–H groups in total. The molecule has 0 fully saturated rings. The zero-order valence-corrected chi connectivity index (χ0v) is 20.7. The average Bonchev–Trinajstić information content (AvgIpc) is 2.85. The molecule has 196 valence electrons. The Bertz CT molecular complexity index is 1090. The SMILES string of the molecule is CCOC(=O)N1c2cc(OC)c(OC)cc2[C@H](N(Cc2ccc(C(F)(F)F)cc2)C(=O)OC)C[C@@H]1C. The molecule has 0 aliphatic carbocycles. The van der Waals surface area contributed by atoms with Crippen LogP contribution in [0.2, 0.25) is 0 Å². The number of halogens is 3. The van der Waals surface area contributed by atoms with E-state index in [1.165, 1.54) is 43.3 Å². The minimum atomic E-state index is -4.47. The molecule has 0 bridgehead atoms. The highest BCUT2D eigenvalue weighted by molar-refractivity contribution is 5.91. The van der Waals surface area contributed by atoms with Gasteiger partial charge in [0.25, 0.3) is 0 Å². The molecule has 1 heterocycles. The number of hydrogen-bond donors (Lipinski definition) is 0. The van der Waals surface area contributed by atoms with Gasteiger partial charge in [0.2, 0.25) is 0 Å². The molecular formula is C25H29F3N2O6. The molecule has 0 saturated carbocycles. The standard InChI is InChI=1S/C25H29F3N2O6/c1-6-36-24(32)30-15(2)11-19(18-12-21(33-3)22(34-4)13-20(18)30)29(23(31)35-5)14-16-7-9-17(10-8-16)25(26,27)28/h7-10,12-13,15,19H,6,11,14H2,1-5H3/t15-,19+/m0/s1. The van der Waals surface area contributed by atoms with Crippen LogP contribution in [0, 0.1) is 0 Å². The van der Waals surface area contributed by atoms with Crippen molar-refractivity contribution in [3.8, 4) is 11.5 Å². The van der Waals surface area contributed by atoms with Crippen molar-refractivity contribution in [1.82, 2.24) is 4.90 Å². The van der Waals surface area contributed by atoms with Crippen LogP contribution in [0.5, 0.6) is 11.5 Å². The van der Waals surface area contributed by atoms with Crippen molar-refractivity contribution < 1.29 is 41.7 Å². The van der Waals surface area contributed by atoms with Gasteiger partial charge in [0, 0.05) is 24.2 Å². The van der Waals surface area contributed by atoms with E-state index in [-0.39, 0.29) is 19.2 Å². The van der Waals surface area contributed by atoms with E-state index in [0.717, 1.165) is 12.1 Å². The fourth-order valence-electron chi connectivity index (χ4n) is 4.33. The summed E-state index contributed by atoms with van der Waals surface area (Å²) in [5.74, 6) is 0.768. The van der Waals surface area contributed by atoms with Crippen molar-refractivity contribution >= 4 is 17.9 Å². The summed E-state index contributed by atoms with van der Waals surface area (Å²) < 4.78 is 60.2. The second-order valence-electron chi connectivity index (χ2n) is 8.23. The van der Waals surface area contributed by atoms with Gasteiger partial charge in [0.1, 0.15) is 0 Å². The van der Waals surface area contributed by atoms with Gasteiger partial charge >= 0.3 is 18.4 Å². The Morgan fingerprint density at radius 2 is 1.67 bits per heavy atom. The summed E-state index contributed by atoms with van der Waals surface area (Å²) in [7, 11) is 4.16. The molecule has 8 nitrogen and oxygen atoms in total. The summed E-state index contributed by atoms with van der Waals surface area (Å²) in [5.41, 5.74) is 0.748. The zero-order valence-electron chi connectivity index (χ0n) is 20.7. The monoisotopic (exact) mass is 510 g/mol. The molecule has 2 atom stereocenters. The molecule has 36 heavy (non-hydrogen) atoms. The number of rotatable bonds is 6. The quantitative estimate of drug-likeness (QED) is 0.490. The van der Waals surface area contributed by atoms with E-state index in [1.807, 2.05) is 6.92 Å². The van der Waals surface area contributed by atoms with Crippen LogP contribution < -0.4 is 14.4 Å². The Morgan fingerprint density at radius 1 is 1.06 bits per heavy atom. The van der Waals surface area contributed by atoms with Gasteiger partial charge in [-0.3, -0.25) is 9.80 Å². The predicted octanol–water partition coefficient (Wildman–Crippen LogP) is 5.79. The third-order valence-corrected chi connectivity index (χ3v) is 6.04. The Balaban J connectivity index is 2.09. The molecule has 1 aliphatic heterocycles. The van der Waals surface area contributed by atoms with Gasteiger partial charge in [-0.05, 0) is 44.0 Å². The molecule has 2 aromatic carbocycles. The maximum absolute atomic E-state index is 13.0. The number of methoxy groups -OCH3 is 3. The van der Waals surface area contributed by atoms with Crippen molar-refractivity contribution in [3.63, 3.8) is 0 Å². The highest BCUT2D eigenvalue weighted by Gasteiger charge is 2.40. The van der Waals surface area contributed by atoms with E-state index in [9.17, 15) is 22.8 Å². The number of benzene rings is 2. The van der Waals surface area contributed by atoms with Gasteiger partial charge in [-0.25, -0.2) is 9.59 Å². The van der Waals surface area contributed by atoms with Gasteiger partial charge in [0.05, 0.1) is 45.2 Å². The lowest BCUT2D eigenvalue weighted by molar-refractivity contribution is -0.137. The van der Waals surface area contributed by atoms with E-state index >= 15 is 0 Å². The number of amides is 2. The predicted molar refractivity (Wildman–Crippen MR) is 125 cm³/mol. The number of fused-ring (bicyclic) bond motifs is 1. The second-order valence-corrected chi connectivity index (χ2v) is 8.23. The fourth-order valence-corrected chi connectivity index (χ4v) is 4.33. The number of hydrogen-bond acceptors (Lipinski definition) is 6. The van der Waals surface area contributed by atoms with Crippen molar-refractivity contribution in [3.05, 3.63) is 53.1 Å². The van der Waals surface area contributed by atoms with Crippen LogP contribution in [0.25, 0.3) is 0 Å². The molecule has 2 amide bonds. The molecule has 3 rings (SSSR count). The second kappa shape index (κ2) is 11.0. The van der Waals surface area contributed by atoms with Crippen LogP contribution in [0.4, 0.5) is 28.4 Å². The lowest BCUT2D eigenvalue weighted by Crippen LogP contribution is -2.47. The molecule has 0 spiro atoms. The summed E-state index contributed by atoms with van der Waals surface area (Å²) in [6.07, 6.45) is -5.37. The molecule has 11 heteroatoms. The number of alkyl halides is 3. The van der Waals surface area contributed by atoms with Crippen LogP contribution in [0.15, 0.2) is 36.4 Å². The first-order valence-electron chi connectivity index (χ1n) is 11.3. The highest BCUT2D eigenvalue weighted by atomic mass is 19.4. The lowest BCUT2D eigenvalue weighted by Gasteiger charge is -2.42. The van der Waals surface area contributed by atoms with Crippen molar-refractivity contribution in [2.75, 3.05) is 32.8 Å². The Hall–Kier alpha value is -3.63. The summed E-state index contributed by atoms with van der Waals surface area (Å²) in [6, 6.07) is 6.93. The summed E-state index contributed by atoms with van der Waals surface area (Å²) >= 11 is 0. The third-order valence-electron chi connectivity index (χ3n) is 6.04. The van der Waals surface area contributed by atoms with Crippen LogP contribution in [0.1, 0.15) is 43.0 Å². The first-order valence-corrected chi connectivity index (χ1v) is 11.3. The molecule has 0 saturated heterocycles.